The number of fused-ring (bicyclic) bond motifs is 1. The average molecular weight is 356 g/mol. The number of nitrogens with zero attached hydrogens (tertiary/aromatic N) is 3. The minimum Gasteiger partial charge on any atom is -0.423 e. The molecule has 0 aliphatic carbocycles. The van der Waals surface area contributed by atoms with Crippen LogP contribution in [-0.4, -0.2) is 29.1 Å². The van der Waals surface area contributed by atoms with Crippen LogP contribution in [0.15, 0.2) is 34.7 Å². The molecule has 1 aliphatic rings. The summed E-state index contributed by atoms with van der Waals surface area (Å²) in [5.74, 6) is -0.441. The van der Waals surface area contributed by atoms with Crippen molar-refractivity contribution >= 4 is 23.0 Å². The molecule has 4 rings (SSSR count). The van der Waals surface area contributed by atoms with Gasteiger partial charge in [0, 0.05) is 32.4 Å². The lowest BCUT2D eigenvalue weighted by Crippen LogP contribution is -2.35. The van der Waals surface area contributed by atoms with E-state index >= 15 is 0 Å². The lowest BCUT2D eigenvalue weighted by atomic mass is 10.00. The van der Waals surface area contributed by atoms with Gasteiger partial charge in [-0.1, -0.05) is 0 Å². The fourth-order valence-corrected chi connectivity index (χ4v) is 3.70. The van der Waals surface area contributed by atoms with Gasteiger partial charge in [0.1, 0.15) is 17.0 Å². The molecule has 26 heavy (non-hydrogen) atoms. The van der Waals surface area contributed by atoms with Gasteiger partial charge in [0.25, 0.3) is 11.9 Å². The number of carbonyl (C=O) groups excluding carboxylic acids is 1. The molecule has 6 nitrogen and oxygen atoms in total. The fourth-order valence-electron chi connectivity index (χ4n) is 3.70. The van der Waals surface area contributed by atoms with Gasteiger partial charge in [-0.25, -0.2) is 4.39 Å². The molecule has 2 aromatic heterocycles. The van der Waals surface area contributed by atoms with Gasteiger partial charge in [0.05, 0.1) is 6.04 Å². The van der Waals surface area contributed by atoms with E-state index in [9.17, 15) is 9.18 Å². The van der Waals surface area contributed by atoms with E-state index in [0.717, 1.165) is 31.5 Å². The molecule has 3 heterocycles. The van der Waals surface area contributed by atoms with Crippen LogP contribution in [0.25, 0.3) is 11.1 Å². The molecule has 0 saturated carbocycles. The summed E-state index contributed by atoms with van der Waals surface area (Å²) in [4.78, 5) is 18.6. The minimum atomic E-state index is -0.329. The van der Waals surface area contributed by atoms with E-state index in [1.165, 1.54) is 12.1 Å². The van der Waals surface area contributed by atoms with Crippen molar-refractivity contribution in [3.8, 4) is 0 Å². The highest BCUT2D eigenvalue weighted by Gasteiger charge is 2.30. The van der Waals surface area contributed by atoms with E-state index in [0.29, 0.717) is 22.8 Å². The summed E-state index contributed by atoms with van der Waals surface area (Å²) >= 11 is 0. The standard InChI is InChI=1S/C19H21FN4O2/c1-21-18(25)16-8-7-14(23(16)2)15-5-3-4-10-24(15)19-22-13-11-12(20)6-9-17(13)26-19/h6-9,11,15H,3-5,10H2,1-2H3,(H,21,25). The summed E-state index contributed by atoms with van der Waals surface area (Å²) in [6.07, 6.45) is 3.07. The lowest BCUT2D eigenvalue weighted by Gasteiger charge is -2.35. The summed E-state index contributed by atoms with van der Waals surface area (Å²) in [6.45, 7) is 0.806. The van der Waals surface area contributed by atoms with E-state index in [2.05, 4.69) is 15.2 Å². The Balaban J connectivity index is 1.72. The summed E-state index contributed by atoms with van der Waals surface area (Å²) in [5, 5.41) is 2.66. The molecule has 0 bridgehead atoms. The largest absolute Gasteiger partial charge is 0.423 e. The molecule has 1 unspecified atom stereocenters. The Morgan fingerprint density at radius 2 is 2.15 bits per heavy atom. The van der Waals surface area contributed by atoms with Gasteiger partial charge in [-0.05, 0) is 43.5 Å². The first-order valence-electron chi connectivity index (χ1n) is 8.79. The van der Waals surface area contributed by atoms with Crippen LogP contribution in [0.4, 0.5) is 10.4 Å². The van der Waals surface area contributed by atoms with Crippen molar-refractivity contribution in [2.24, 2.45) is 7.05 Å². The molecule has 136 valence electrons. The van der Waals surface area contributed by atoms with Crippen LogP contribution in [0, 0.1) is 5.82 Å². The van der Waals surface area contributed by atoms with Crippen molar-refractivity contribution in [3.63, 3.8) is 0 Å². The van der Waals surface area contributed by atoms with Gasteiger partial charge < -0.3 is 19.2 Å². The van der Waals surface area contributed by atoms with E-state index in [1.807, 2.05) is 23.7 Å². The Morgan fingerprint density at radius 3 is 2.96 bits per heavy atom. The first kappa shape index (κ1) is 16.6. The second-order valence-corrected chi connectivity index (χ2v) is 6.60. The third-order valence-corrected chi connectivity index (χ3v) is 5.05. The quantitative estimate of drug-likeness (QED) is 0.781. The van der Waals surface area contributed by atoms with Crippen LogP contribution in [-0.2, 0) is 7.05 Å². The molecular formula is C19H21FN4O2. The number of hydrogen-bond acceptors (Lipinski definition) is 4. The van der Waals surface area contributed by atoms with Crippen LogP contribution in [0.5, 0.6) is 0 Å². The topological polar surface area (TPSA) is 63.3 Å². The lowest BCUT2D eigenvalue weighted by molar-refractivity contribution is 0.0954. The number of oxazole rings is 1. The third-order valence-electron chi connectivity index (χ3n) is 5.05. The summed E-state index contributed by atoms with van der Waals surface area (Å²) in [5.41, 5.74) is 2.75. The number of anilines is 1. The Bertz CT molecular complexity index is 962. The van der Waals surface area contributed by atoms with Crippen LogP contribution >= 0.6 is 0 Å². The smallest absolute Gasteiger partial charge is 0.298 e. The second kappa shape index (κ2) is 6.48. The molecule has 1 amide bonds. The number of rotatable bonds is 3. The molecule has 1 N–H and O–H groups in total. The fraction of sp³-hybridized carbons (Fsp3) is 0.368. The molecule has 1 atom stereocenters. The van der Waals surface area contributed by atoms with E-state index in [1.54, 1.807) is 13.1 Å². The van der Waals surface area contributed by atoms with Crippen LogP contribution in [0.3, 0.4) is 0 Å². The van der Waals surface area contributed by atoms with E-state index in [-0.39, 0.29) is 17.8 Å². The van der Waals surface area contributed by atoms with Gasteiger partial charge in [0.15, 0.2) is 5.58 Å². The van der Waals surface area contributed by atoms with Crippen molar-refractivity contribution in [3.05, 3.63) is 47.5 Å². The molecule has 1 aliphatic heterocycles. The van der Waals surface area contributed by atoms with Crippen molar-refractivity contribution in [2.75, 3.05) is 18.5 Å². The first-order chi connectivity index (χ1) is 12.6. The zero-order chi connectivity index (χ0) is 18.3. The number of halogens is 1. The number of amides is 1. The predicted octanol–water partition coefficient (Wildman–Crippen LogP) is 3.40. The Hall–Kier alpha value is -2.83. The maximum absolute atomic E-state index is 13.5. The molecule has 0 radical (unpaired) electrons. The van der Waals surface area contributed by atoms with Gasteiger partial charge >= 0.3 is 0 Å². The SMILES string of the molecule is CNC(=O)c1ccc(C2CCCCN2c2nc3cc(F)ccc3o2)n1C. The number of nitrogens with one attached hydrogen (secondary N) is 1. The highest BCUT2D eigenvalue weighted by molar-refractivity contribution is 5.92. The van der Waals surface area contributed by atoms with Crippen molar-refractivity contribution < 1.29 is 13.6 Å². The Labute approximate surface area is 150 Å². The Kier molecular flexibility index (Phi) is 4.14. The molecule has 0 spiro atoms. The summed E-state index contributed by atoms with van der Waals surface area (Å²) in [7, 11) is 3.52. The maximum Gasteiger partial charge on any atom is 0.298 e. The van der Waals surface area contributed by atoms with Crippen molar-refractivity contribution in [1.82, 2.24) is 14.9 Å². The molecule has 1 aromatic carbocycles. The van der Waals surface area contributed by atoms with Crippen LogP contribution in [0.2, 0.25) is 0 Å². The van der Waals surface area contributed by atoms with E-state index in [4.69, 9.17) is 4.42 Å². The highest BCUT2D eigenvalue weighted by Crippen LogP contribution is 2.36. The maximum atomic E-state index is 13.5. The van der Waals surface area contributed by atoms with Crippen molar-refractivity contribution in [2.45, 2.75) is 25.3 Å². The van der Waals surface area contributed by atoms with Gasteiger partial charge in [-0.15, -0.1) is 0 Å². The zero-order valence-electron chi connectivity index (χ0n) is 14.8. The molecule has 7 heteroatoms. The number of piperidine rings is 1. The van der Waals surface area contributed by atoms with Gasteiger partial charge in [-0.3, -0.25) is 4.79 Å². The van der Waals surface area contributed by atoms with E-state index < -0.39 is 0 Å². The normalized spacial score (nSPS) is 17.7. The van der Waals surface area contributed by atoms with Crippen LogP contribution < -0.4 is 10.2 Å². The molecular weight excluding hydrogens is 335 g/mol. The molecule has 3 aromatic rings. The number of benzene rings is 1. The van der Waals surface area contributed by atoms with Crippen molar-refractivity contribution in [1.29, 1.82) is 0 Å². The number of aromatic nitrogens is 2. The van der Waals surface area contributed by atoms with Gasteiger partial charge in [-0.2, -0.15) is 4.98 Å². The first-order valence-corrected chi connectivity index (χ1v) is 8.79. The second-order valence-electron chi connectivity index (χ2n) is 6.60. The Morgan fingerprint density at radius 1 is 1.31 bits per heavy atom. The minimum absolute atomic E-state index is 0.0602. The molecule has 1 saturated heterocycles. The highest BCUT2D eigenvalue weighted by atomic mass is 19.1. The zero-order valence-corrected chi connectivity index (χ0v) is 14.8. The number of hydrogen-bond donors (Lipinski definition) is 1. The monoisotopic (exact) mass is 356 g/mol. The average Bonchev–Trinajstić information content (AvgIpc) is 3.24. The summed E-state index contributed by atoms with van der Waals surface area (Å²) < 4.78 is 21.3. The third kappa shape index (κ3) is 2.73. The van der Waals surface area contributed by atoms with Gasteiger partial charge in [0.2, 0.25) is 0 Å². The predicted molar refractivity (Wildman–Crippen MR) is 96.7 cm³/mol. The molecule has 1 fully saturated rings. The summed E-state index contributed by atoms with van der Waals surface area (Å²) in [6, 6.07) is 8.73. The van der Waals surface area contributed by atoms with Crippen LogP contribution in [0.1, 0.15) is 41.5 Å². The number of carbonyl (C=O) groups is 1.